The first kappa shape index (κ1) is 35.1. The number of halogens is 2. The van der Waals surface area contributed by atoms with E-state index in [-0.39, 0.29) is 31.4 Å². The number of carboxylic acids is 1. The predicted octanol–water partition coefficient (Wildman–Crippen LogP) is 3.63. The Bertz CT molecular complexity index is 1900. The highest BCUT2D eigenvalue weighted by Gasteiger charge is 2.80. The van der Waals surface area contributed by atoms with E-state index in [1.165, 1.54) is 19.1 Å². The standard InChI is InChI=1S/C38H39F2NO10/c1-35-9-8-23(43)13-26(35)27(39)14-25-24-15-31-38(30(45)18-49-33(48)32(46)47,36(24,2)16-29(44)37(25,35)40)51-34(50-31)21-5-3-4-19(11-21)10-20-6-7-22(17-42)28(41)12-20/h3-9,11-13,24-25,27,29,31,34,42,44H,10,14-18,41H2,1-2H3,(H,46,47)/t24-,25-,27-,29-,31+,34+,35-,36-,37-,38+/m0/s1. The zero-order valence-corrected chi connectivity index (χ0v) is 28.0. The van der Waals surface area contributed by atoms with Crippen molar-refractivity contribution in [2.75, 3.05) is 12.3 Å². The summed E-state index contributed by atoms with van der Waals surface area (Å²) in [5.41, 5.74) is 1.92. The van der Waals surface area contributed by atoms with E-state index in [0.717, 1.165) is 17.2 Å². The lowest BCUT2D eigenvalue weighted by Gasteiger charge is -2.63. The van der Waals surface area contributed by atoms with Gasteiger partial charge in [-0.05, 0) is 73.4 Å². The Morgan fingerprint density at radius 2 is 1.82 bits per heavy atom. The molecule has 1 aliphatic heterocycles. The van der Waals surface area contributed by atoms with Gasteiger partial charge in [0.15, 0.2) is 29.9 Å². The lowest BCUT2D eigenvalue weighted by atomic mass is 9.44. The average Bonchev–Trinajstić information content (AvgIpc) is 3.59. The maximum Gasteiger partial charge on any atom is 0.417 e. The van der Waals surface area contributed by atoms with E-state index in [0.29, 0.717) is 23.2 Å². The molecule has 2 aromatic carbocycles. The van der Waals surface area contributed by atoms with Crippen molar-refractivity contribution in [1.82, 2.24) is 0 Å². The largest absolute Gasteiger partial charge is 0.473 e. The van der Waals surface area contributed by atoms with Gasteiger partial charge in [-0.15, -0.1) is 0 Å². The minimum Gasteiger partial charge on any atom is -0.473 e. The highest BCUT2D eigenvalue weighted by Crippen LogP contribution is 2.72. The molecule has 1 saturated heterocycles. The van der Waals surface area contributed by atoms with E-state index in [1.54, 1.807) is 31.2 Å². The predicted molar refractivity (Wildman–Crippen MR) is 175 cm³/mol. The first-order chi connectivity index (χ1) is 24.1. The van der Waals surface area contributed by atoms with Crippen molar-refractivity contribution in [2.24, 2.45) is 22.7 Å². The minimum absolute atomic E-state index is 0.0232. The van der Waals surface area contributed by atoms with Crippen LogP contribution in [0.1, 0.15) is 61.7 Å². The molecule has 0 unspecified atom stereocenters. The molecule has 1 heterocycles. The SMILES string of the molecule is C[C@]12C=CC(=O)C=C1[C@@H](F)C[C@H]1[C@@H]3C[C@H]4O[C@@H](c5cccc(Cc6ccc(CO)c(N)c6)c5)O[C@@]4(C(=O)COC(=O)C(=O)O)[C@@]3(C)C[C@H](O)[C@@]12F. The fraction of sp³-hybridized carbons (Fsp3) is 0.474. The third-order valence-electron chi connectivity index (χ3n) is 12.3. The minimum atomic E-state index is -2.42. The number of carbonyl (C=O) groups is 4. The number of hydrogen-bond donors (Lipinski definition) is 4. The van der Waals surface area contributed by atoms with E-state index < -0.39 is 88.7 Å². The van der Waals surface area contributed by atoms with E-state index in [2.05, 4.69) is 0 Å². The number of aliphatic carboxylic acids is 1. The second-order valence-electron chi connectivity index (χ2n) is 14.8. The van der Waals surface area contributed by atoms with Gasteiger partial charge in [-0.3, -0.25) is 9.59 Å². The van der Waals surface area contributed by atoms with Gasteiger partial charge in [-0.1, -0.05) is 49.4 Å². The van der Waals surface area contributed by atoms with E-state index in [4.69, 9.17) is 25.1 Å². The number of esters is 1. The number of anilines is 1. The van der Waals surface area contributed by atoms with Gasteiger partial charge in [-0.25, -0.2) is 18.4 Å². The molecule has 270 valence electrons. The van der Waals surface area contributed by atoms with Crippen LogP contribution in [-0.4, -0.2) is 75.1 Å². The summed E-state index contributed by atoms with van der Waals surface area (Å²) in [7, 11) is 0. The van der Waals surface area contributed by atoms with E-state index in [9.17, 15) is 29.4 Å². The Hall–Kier alpha value is -4.30. The molecule has 0 aromatic heterocycles. The number of aliphatic hydroxyl groups is 2. The smallest absolute Gasteiger partial charge is 0.417 e. The van der Waals surface area contributed by atoms with Crippen LogP contribution in [0.15, 0.2) is 66.3 Å². The molecule has 4 fully saturated rings. The molecule has 0 bridgehead atoms. The highest BCUT2D eigenvalue weighted by atomic mass is 19.1. The van der Waals surface area contributed by atoms with Crippen LogP contribution in [0, 0.1) is 22.7 Å². The number of nitrogens with two attached hydrogens (primary N) is 1. The van der Waals surface area contributed by atoms with Gasteiger partial charge in [0.25, 0.3) is 0 Å². The van der Waals surface area contributed by atoms with Crippen molar-refractivity contribution in [3.8, 4) is 0 Å². The Morgan fingerprint density at radius 1 is 1.08 bits per heavy atom. The van der Waals surface area contributed by atoms with Crippen LogP contribution in [-0.2, 0) is 46.4 Å². The summed E-state index contributed by atoms with van der Waals surface area (Å²) in [6, 6.07) is 12.6. The molecule has 5 aliphatic rings. The third kappa shape index (κ3) is 5.03. The number of hydrogen-bond acceptors (Lipinski definition) is 10. The summed E-state index contributed by atoms with van der Waals surface area (Å²) >= 11 is 0. The van der Waals surface area contributed by atoms with Gasteiger partial charge in [-0.2, -0.15) is 0 Å². The molecule has 10 atom stereocenters. The van der Waals surface area contributed by atoms with Crippen LogP contribution < -0.4 is 5.73 Å². The van der Waals surface area contributed by atoms with Gasteiger partial charge in [0, 0.05) is 33.6 Å². The first-order valence-electron chi connectivity index (χ1n) is 16.9. The number of Topliss-reactive ketones (excluding diaryl/α,β-unsaturated/α-hetero) is 1. The van der Waals surface area contributed by atoms with Gasteiger partial charge >= 0.3 is 11.9 Å². The van der Waals surface area contributed by atoms with Gasteiger partial charge in [0.1, 0.15) is 6.17 Å². The fourth-order valence-corrected chi connectivity index (χ4v) is 9.88. The molecule has 3 saturated carbocycles. The average molecular weight is 708 g/mol. The van der Waals surface area contributed by atoms with Crippen LogP contribution in [0.4, 0.5) is 14.5 Å². The normalized spacial score (nSPS) is 37.8. The fourth-order valence-electron chi connectivity index (χ4n) is 9.88. The number of allylic oxidation sites excluding steroid dienone is 4. The van der Waals surface area contributed by atoms with Crippen molar-refractivity contribution in [1.29, 1.82) is 0 Å². The van der Waals surface area contributed by atoms with Crippen LogP contribution >= 0.6 is 0 Å². The first-order valence-corrected chi connectivity index (χ1v) is 16.9. The molecule has 5 N–H and O–H groups in total. The van der Waals surface area contributed by atoms with Crippen LogP contribution in [0.5, 0.6) is 0 Å². The second kappa shape index (κ2) is 12.1. The Morgan fingerprint density at radius 3 is 2.53 bits per heavy atom. The molecule has 2 aromatic rings. The number of aliphatic hydroxyl groups excluding tert-OH is 2. The Labute approximate surface area is 292 Å². The number of carbonyl (C=O) groups excluding carboxylic acids is 3. The number of benzene rings is 2. The number of rotatable bonds is 7. The maximum absolute atomic E-state index is 17.8. The van der Waals surface area contributed by atoms with Gasteiger partial charge < -0.3 is 35.3 Å². The van der Waals surface area contributed by atoms with Crippen LogP contribution in [0.3, 0.4) is 0 Å². The van der Waals surface area contributed by atoms with Crippen molar-refractivity contribution in [3.63, 3.8) is 0 Å². The number of ether oxygens (including phenoxy) is 3. The Kier molecular flexibility index (Phi) is 8.36. The summed E-state index contributed by atoms with van der Waals surface area (Å²) in [6.07, 6.45) is -2.27. The molecule has 13 heteroatoms. The number of alkyl halides is 2. The quantitative estimate of drug-likeness (QED) is 0.187. The lowest BCUT2D eigenvalue weighted by Crippen LogP contribution is -2.70. The van der Waals surface area contributed by atoms with Crippen LogP contribution in [0.25, 0.3) is 0 Å². The van der Waals surface area contributed by atoms with Crippen molar-refractivity contribution >= 4 is 29.2 Å². The molecule has 11 nitrogen and oxygen atoms in total. The molecular formula is C38H39F2NO10. The van der Waals surface area contributed by atoms with Gasteiger partial charge in [0.05, 0.1) is 18.8 Å². The number of carboxylic acid groups (broad SMARTS) is 1. The number of nitrogen functional groups attached to an aromatic ring is 1. The van der Waals surface area contributed by atoms with Crippen molar-refractivity contribution < 1.29 is 57.5 Å². The molecular weight excluding hydrogens is 668 g/mol. The zero-order valence-electron chi connectivity index (χ0n) is 28.0. The maximum atomic E-state index is 17.8. The second-order valence-corrected chi connectivity index (χ2v) is 14.8. The molecule has 0 spiro atoms. The zero-order chi connectivity index (χ0) is 36.7. The lowest BCUT2D eigenvalue weighted by molar-refractivity contribution is -0.235. The molecule has 0 radical (unpaired) electrons. The number of ketones is 2. The van der Waals surface area contributed by atoms with E-state index >= 15 is 8.78 Å². The molecule has 7 rings (SSSR count). The summed E-state index contributed by atoms with van der Waals surface area (Å²) in [6.45, 7) is 1.94. The molecule has 4 aliphatic carbocycles. The summed E-state index contributed by atoms with van der Waals surface area (Å²) in [4.78, 5) is 49.7. The highest BCUT2D eigenvalue weighted by molar-refractivity contribution is 6.28. The Balaban J connectivity index is 1.25. The molecule has 51 heavy (non-hydrogen) atoms. The summed E-state index contributed by atoms with van der Waals surface area (Å²) < 4.78 is 51.7. The molecule has 0 amide bonds. The van der Waals surface area contributed by atoms with Crippen LogP contribution in [0.2, 0.25) is 0 Å². The van der Waals surface area contributed by atoms with Crippen molar-refractivity contribution in [3.05, 3.63) is 88.5 Å². The van der Waals surface area contributed by atoms with E-state index in [1.807, 2.05) is 18.2 Å². The topological polar surface area (TPSA) is 183 Å². The third-order valence-corrected chi connectivity index (χ3v) is 12.3. The summed E-state index contributed by atoms with van der Waals surface area (Å²) in [5, 5.41) is 30.4. The number of fused-ring (bicyclic) bond motifs is 7. The summed E-state index contributed by atoms with van der Waals surface area (Å²) in [5.74, 6) is -6.78. The van der Waals surface area contributed by atoms with Crippen molar-refractivity contribution in [2.45, 2.75) is 82.1 Å². The monoisotopic (exact) mass is 707 g/mol. The van der Waals surface area contributed by atoms with Gasteiger partial charge in [0.2, 0.25) is 5.78 Å².